The van der Waals surface area contributed by atoms with Gasteiger partial charge in [-0.05, 0) is 12.8 Å². The number of nitrogens with two attached hydrogens (primary N) is 3. The molecule has 0 unspecified atom stereocenters. The highest BCUT2D eigenvalue weighted by Crippen LogP contribution is 2.14. The number of carboxylic acid groups (broad SMARTS) is 4. The molecule has 10 N–H and O–H groups in total. The summed E-state index contributed by atoms with van der Waals surface area (Å²) in [5.74, 6) is -3.33. The van der Waals surface area contributed by atoms with Crippen LogP contribution >= 0.6 is 0 Å². The van der Waals surface area contributed by atoms with Crippen molar-refractivity contribution in [1.29, 1.82) is 0 Å². The molecule has 0 saturated heterocycles. The number of aliphatic carboxylic acids is 4. The zero-order valence-electron chi connectivity index (χ0n) is 16.7. The first-order valence-electron chi connectivity index (χ1n) is 8.18. The number of hydrogen-bond donors (Lipinski definition) is 7. The number of carbonyl (C=O) groups is 4. The van der Waals surface area contributed by atoms with Crippen LogP contribution in [-0.4, -0.2) is 63.4 Å². The summed E-state index contributed by atoms with van der Waals surface area (Å²) >= 11 is 0. The normalized spacial score (nSPS) is 11.4. The Morgan fingerprint density at radius 1 is 0.667 bits per heavy atom. The molecule has 0 atom stereocenters. The molecule has 0 spiro atoms. The second-order valence-electron chi connectivity index (χ2n) is 5.05. The zero-order valence-corrected chi connectivity index (χ0v) is 16.7. The van der Waals surface area contributed by atoms with E-state index in [-0.39, 0.29) is 0 Å². The van der Waals surface area contributed by atoms with E-state index in [1.807, 2.05) is 0 Å². The van der Waals surface area contributed by atoms with Gasteiger partial charge in [0.25, 0.3) is 23.9 Å². The van der Waals surface area contributed by atoms with Crippen LogP contribution in [-0.2, 0) is 19.2 Å². The molecule has 11 heteroatoms. The average Bonchev–Trinajstić information content (AvgIpc) is 2.46. The van der Waals surface area contributed by atoms with E-state index in [0.29, 0.717) is 19.1 Å². The smallest absolute Gasteiger partial charge is 0.300 e. The van der Waals surface area contributed by atoms with Crippen molar-refractivity contribution >= 4 is 23.9 Å². The van der Waals surface area contributed by atoms with Gasteiger partial charge in [0.05, 0.1) is 0 Å². The van der Waals surface area contributed by atoms with Crippen LogP contribution in [0.1, 0.15) is 59.8 Å². The molecule has 1 rings (SSSR count). The molecule has 0 heterocycles. The van der Waals surface area contributed by atoms with Gasteiger partial charge in [-0.2, -0.15) is 0 Å². The standard InChI is InChI=1S/C6H13N.C2H8N2.4C2H4O2/c7-6-4-2-1-3-5-6;3-1-2-4;4*1-2(3)4/h6H,1-5,7H2;1-4H2;4*1H3,(H,3,4). The molecular weight excluding hydrogens is 362 g/mol. The van der Waals surface area contributed by atoms with E-state index < -0.39 is 23.9 Å². The Balaban J connectivity index is -0.0000000735. The minimum absolute atomic E-state index is 0.536. The van der Waals surface area contributed by atoms with Gasteiger partial charge >= 0.3 is 0 Å². The Labute approximate surface area is 160 Å². The molecule has 164 valence electrons. The fourth-order valence-electron chi connectivity index (χ4n) is 1.13. The summed E-state index contributed by atoms with van der Waals surface area (Å²) < 4.78 is 0. The summed E-state index contributed by atoms with van der Waals surface area (Å²) in [6, 6.07) is 0.536. The molecule has 0 bridgehead atoms. The third-order valence-corrected chi connectivity index (χ3v) is 1.82. The first-order chi connectivity index (χ1) is 12.2. The largest absolute Gasteiger partial charge is 0.481 e. The van der Waals surface area contributed by atoms with Crippen LogP contribution in [0.4, 0.5) is 0 Å². The highest BCUT2D eigenvalue weighted by atomic mass is 16.4. The fraction of sp³-hybridized carbons (Fsp3) is 0.750. The van der Waals surface area contributed by atoms with Gasteiger partial charge < -0.3 is 37.6 Å². The van der Waals surface area contributed by atoms with Gasteiger partial charge in [0.15, 0.2) is 0 Å². The number of hydrogen-bond acceptors (Lipinski definition) is 7. The van der Waals surface area contributed by atoms with Crippen LogP contribution in [0.15, 0.2) is 0 Å². The molecule has 11 nitrogen and oxygen atoms in total. The molecule has 0 amide bonds. The Morgan fingerprint density at radius 2 is 0.852 bits per heavy atom. The second kappa shape index (κ2) is 31.5. The van der Waals surface area contributed by atoms with E-state index in [4.69, 9.17) is 56.8 Å². The first kappa shape index (κ1) is 35.8. The van der Waals surface area contributed by atoms with E-state index in [1.165, 1.54) is 32.1 Å². The third-order valence-electron chi connectivity index (χ3n) is 1.82. The predicted molar refractivity (Wildman–Crippen MR) is 102 cm³/mol. The van der Waals surface area contributed by atoms with Gasteiger partial charge in [0, 0.05) is 46.8 Å². The minimum atomic E-state index is -0.833. The molecule has 0 aromatic rings. The molecule has 0 radical (unpaired) electrons. The molecule has 1 aliphatic rings. The molecule has 0 aromatic heterocycles. The molecular formula is C16H37N3O8. The van der Waals surface area contributed by atoms with E-state index in [1.54, 1.807) is 0 Å². The van der Waals surface area contributed by atoms with Gasteiger partial charge in [0.2, 0.25) is 0 Å². The number of carboxylic acids is 4. The molecule has 0 aliphatic heterocycles. The maximum Gasteiger partial charge on any atom is 0.300 e. The fourth-order valence-corrected chi connectivity index (χ4v) is 1.13. The highest BCUT2D eigenvalue weighted by molar-refractivity contribution is 5.63. The van der Waals surface area contributed by atoms with Gasteiger partial charge in [-0.15, -0.1) is 0 Å². The van der Waals surface area contributed by atoms with Gasteiger partial charge in [-0.25, -0.2) is 0 Å². The van der Waals surface area contributed by atoms with Crippen LogP contribution < -0.4 is 17.2 Å². The van der Waals surface area contributed by atoms with E-state index in [9.17, 15) is 0 Å². The molecule has 27 heavy (non-hydrogen) atoms. The zero-order chi connectivity index (χ0) is 22.8. The van der Waals surface area contributed by atoms with Crippen molar-refractivity contribution in [3.63, 3.8) is 0 Å². The van der Waals surface area contributed by atoms with E-state index >= 15 is 0 Å². The Bertz CT molecular complexity index is 294. The summed E-state index contributed by atoms with van der Waals surface area (Å²) in [4.78, 5) is 36.0. The maximum atomic E-state index is 9.00. The van der Waals surface area contributed by atoms with Crippen LogP contribution in [0, 0.1) is 0 Å². The third kappa shape index (κ3) is 246. The van der Waals surface area contributed by atoms with Crippen molar-refractivity contribution in [2.45, 2.75) is 65.8 Å². The lowest BCUT2D eigenvalue weighted by molar-refractivity contribution is -0.135. The monoisotopic (exact) mass is 399 g/mol. The quantitative estimate of drug-likeness (QED) is 0.322. The summed E-state index contributed by atoms with van der Waals surface area (Å²) in [5.41, 5.74) is 15.4. The van der Waals surface area contributed by atoms with Crippen LogP contribution in [0.2, 0.25) is 0 Å². The van der Waals surface area contributed by atoms with Crippen molar-refractivity contribution in [1.82, 2.24) is 0 Å². The highest BCUT2D eigenvalue weighted by Gasteiger charge is 2.06. The van der Waals surface area contributed by atoms with Crippen molar-refractivity contribution in [2.24, 2.45) is 17.2 Å². The summed E-state index contributed by atoms with van der Waals surface area (Å²) in [6.07, 6.45) is 6.66. The van der Waals surface area contributed by atoms with Crippen molar-refractivity contribution < 1.29 is 39.6 Å². The van der Waals surface area contributed by atoms with Gasteiger partial charge in [-0.3, -0.25) is 19.2 Å². The van der Waals surface area contributed by atoms with Gasteiger partial charge in [0.1, 0.15) is 0 Å². The Morgan fingerprint density at radius 3 is 0.926 bits per heavy atom. The molecule has 1 aliphatic carbocycles. The first-order valence-corrected chi connectivity index (χ1v) is 8.18. The molecule has 1 saturated carbocycles. The predicted octanol–water partition coefficient (Wildman–Crippen LogP) is 0.545. The van der Waals surface area contributed by atoms with Crippen molar-refractivity contribution in [3.05, 3.63) is 0 Å². The summed E-state index contributed by atoms with van der Waals surface area (Å²) in [7, 11) is 0. The molecule has 1 fully saturated rings. The van der Waals surface area contributed by atoms with E-state index in [2.05, 4.69) is 0 Å². The summed E-state index contributed by atoms with van der Waals surface area (Å²) in [6.45, 7) is 5.53. The van der Waals surface area contributed by atoms with Crippen LogP contribution in [0.3, 0.4) is 0 Å². The SMILES string of the molecule is CC(=O)O.CC(=O)O.CC(=O)O.CC(=O)O.NC1CCCCC1.NCCN. The lowest BCUT2D eigenvalue weighted by atomic mass is 9.97. The molecule has 0 aromatic carbocycles. The Kier molecular flexibility index (Phi) is 41.8. The Hall–Kier alpha value is -2.24. The summed E-state index contributed by atoms with van der Waals surface area (Å²) in [5, 5.41) is 29.7. The minimum Gasteiger partial charge on any atom is -0.481 e. The lowest BCUT2D eigenvalue weighted by Crippen LogP contribution is -2.22. The topological polar surface area (TPSA) is 227 Å². The van der Waals surface area contributed by atoms with Crippen LogP contribution in [0.5, 0.6) is 0 Å². The van der Waals surface area contributed by atoms with Crippen LogP contribution in [0.25, 0.3) is 0 Å². The lowest BCUT2D eigenvalue weighted by Gasteiger charge is -2.15. The van der Waals surface area contributed by atoms with E-state index in [0.717, 1.165) is 27.7 Å². The number of rotatable bonds is 1. The average molecular weight is 399 g/mol. The van der Waals surface area contributed by atoms with Gasteiger partial charge in [-0.1, -0.05) is 19.3 Å². The second-order valence-corrected chi connectivity index (χ2v) is 5.05. The van der Waals surface area contributed by atoms with Crippen molar-refractivity contribution in [3.8, 4) is 0 Å². The maximum absolute atomic E-state index is 9.00. The van der Waals surface area contributed by atoms with Crippen molar-refractivity contribution in [2.75, 3.05) is 13.1 Å².